The summed E-state index contributed by atoms with van der Waals surface area (Å²) in [6, 6.07) is 24.6. The molecule has 202 valence electrons. The lowest BCUT2D eigenvalue weighted by atomic mass is 9.64. The number of nitro groups is 1. The monoisotopic (exact) mass is 546 g/mol. The number of imide groups is 1. The minimum absolute atomic E-state index is 0.163. The Hall–Kier alpha value is -5.31. The van der Waals surface area contributed by atoms with Crippen LogP contribution in [0, 0.1) is 27.9 Å². The van der Waals surface area contributed by atoms with Crippen LogP contribution >= 0.6 is 0 Å². The van der Waals surface area contributed by atoms with Crippen molar-refractivity contribution >= 4 is 45.5 Å². The van der Waals surface area contributed by atoms with Gasteiger partial charge in [-0.3, -0.25) is 24.5 Å². The van der Waals surface area contributed by atoms with Gasteiger partial charge in [0.05, 0.1) is 35.9 Å². The molecule has 1 aliphatic carbocycles. The van der Waals surface area contributed by atoms with Gasteiger partial charge in [-0.1, -0.05) is 66.7 Å². The van der Waals surface area contributed by atoms with Gasteiger partial charge in [-0.25, -0.2) is 4.90 Å². The fourth-order valence-corrected chi connectivity index (χ4v) is 6.54. The minimum atomic E-state index is -1.12. The van der Waals surface area contributed by atoms with Crippen LogP contribution in [0.15, 0.2) is 91.0 Å². The van der Waals surface area contributed by atoms with E-state index in [1.54, 1.807) is 6.07 Å². The van der Waals surface area contributed by atoms with Crippen LogP contribution in [0.2, 0.25) is 0 Å². The zero-order valence-electron chi connectivity index (χ0n) is 21.7. The highest BCUT2D eigenvalue weighted by Gasteiger charge is 2.61. The van der Waals surface area contributed by atoms with Crippen molar-refractivity contribution in [1.82, 2.24) is 0 Å². The van der Waals surface area contributed by atoms with E-state index in [1.807, 2.05) is 66.7 Å². The Labute approximate surface area is 233 Å². The highest BCUT2D eigenvalue weighted by Crippen LogP contribution is 2.56. The topological polar surface area (TPSA) is 116 Å². The molecule has 41 heavy (non-hydrogen) atoms. The van der Waals surface area contributed by atoms with Crippen molar-refractivity contribution in [3.63, 3.8) is 0 Å². The van der Waals surface area contributed by atoms with Crippen molar-refractivity contribution in [2.24, 2.45) is 17.8 Å². The van der Waals surface area contributed by atoms with E-state index in [1.165, 1.54) is 25.3 Å². The van der Waals surface area contributed by atoms with Crippen molar-refractivity contribution < 1.29 is 28.8 Å². The number of benzene rings is 4. The van der Waals surface area contributed by atoms with Gasteiger partial charge >= 0.3 is 5.97 Å². The Morgan fingerprint density at radius 3 is 2.37 bits per heavy atom. The van der Waals surface area contributed by atoms with E-state index >= 15 is 0 Å². The summed E-state index contributed by atoms with van der Waals surface area (Å²) in [5, 5.41) is 13.8. The van der Waals surface area contributed by atoms with Crippen molar-refractivity contribution in [1.29, 1.82) is 0 Å². The number of carbonyl (C=O) groups excluding carboxylic acids is 3. The maximum absolute atomic E-state index is 14.2. The van der Waals surface area contributed by atoms with Crippen LogP contribution in [0.1, 0.15) is 17.0 Å². The molecule has 4 atom stereocenters. The Morgan fingerprint density at radius 1 is 0.878 bits per heavy atom. The fourth-order valence-electron chi connectivity index (χ4n) is 6.54. The molecule has 7 rings (SSSR count). The molecule has 1 saturated heterocycles. The number of fused-ring (bicyclic) bond motifs is 7. The van der Waals surface area contributed by atoms with Gasteiger partial charge in [-0.15, -0.1) is 0 Å². The molecule has 2 aliphatic heterocycles. The normalized spacial score (nSPS) is 22.9. The van der Waals surface area contributed by atoms with Crippen LogP contribution in [-0.4, -0.2) is 29.8 Å². The molecule has 4 aromatic rings. The first kappa shape index (κ1) is 24.7. The second kappa shape index (κ2) is 9.12. The van der Waals surface area contributed by atoms with Gasteiger partial charge in [-0.05, 0) is 40.1 Å². The van der Waals surface area contributed by atoms with Gasteiger partial charge in [0.25, 0.3) is 5.69 Å². The molecular formula is C32H22N2O7. The third-order valence-corrected chi connectivity index (χ3v) is 8.29. The van der Waals surface area contributed by atoms with Crippen LogP contribution in [0.4, 0.5) is 11.4 Å². The zero-order chi connectivity index (χ0) is 28.4. The van der Waals surface area contributed by atoms with E-state index in [0.717, 1.165) is 21.2 Å². The summed E-state index contributed by atoms with van der Waals surface area (Å²) < 4.78 is 10.9. The van der Waals surface area contributed by atoms with Crippen molar-refractivity contribution in [3.05, 3.63) is 112 Å². The predicted octanol–water partition coefficient (Wildman–Crippen LogP) is 5.28. The van der Waals surface area contributed by atoms with Crippen molar-refractivity contribution in [2.45, 2.75) is 5.92 Å². The second-order valence-electron chi connectivity index (χ2n) is 10.3. The van der Waals surface area contributed by atoms with E-state index < -0.39 is 52.1 Å². The first-order valence-corrected chi connectivity index (χ1v) is 13.1. The average Bonchev–Trinajstić information content (AvgIpc) is 3.26. The summed E-state index contributed by atoms with van der Waals surface area (Å²) in [6.07, 6.45) is 1.91. The van der Waals surface area contributed by atoms with E-state index in [2.05, 4.69) is 0 Å². The number of nitro benzene ring substituents is 1. The highest BCUT2D eigenvalue weighted by atomic mass is 16.6. The average molecular weight is 547 g/mol. The maximum Gasteiger partial charge on any atom is 0.319 e. The molecular weight excluding hydrogens is 524 g/mol. The molecule has 0 spiro atoms. The minimum Gasteiger partial charge on any atom is -0.496 e. The van der Waals surface area contributed by atoms with E-state index in [4.69, 9.17) is 9.47 Å². The molecule has 2 amide bonds. The summed E-state index contributed by atoms with van der Waals surface area (Å²) in [6.45, 7) is 0. The van der Waals surface area contributed by atoms with Crippen LogP contribution < -0.4 is 14.4 Å². The number of nitrogens with zero attached hydrogens (tertiary/aromatic N) is 2. The standard InChI is InChI=1S/C32H22N2O7/c1-40-19-12-13-23(24(15-19)34(38)39)33-30(35)27-21(17-7-3-2-4-8-17)16-22-26-20-10-6-5-9-18(20)11-14-25(26)41-32(37)28(22)29(27)31(33)36/h2-16,21,27-29H,1H3/t21-,27-,28-,29+/m1/s1. The number of ether oxygens (including phenoxy) is 2. The molecule has 4 aromatic carbocycles. The molecule has 0 bridgehead atoms. The number of anilines is 1. The van der Waals surface area contributed by atoms with E-state index in [0.29, 0.717) is 16.9 Å². The molecule has 0 radical (unpaired) electrons. The first-order chi connectivity index (χ1) is 19.9. The Kier molecular flexibility index (Phi) is 5.50. The summed E-state index contributed by atoms with van der Waals surface area (Å²) in [5.74, 6) is -5.02. The van der Waals surface area contributed by atoms with Gasteiger partial charge in [0.2, 0.25) is 11.8 Å². The van der Waals surface area contributed by atoms with Crippen molar-refractivity contribution in [2.75, 3.05) is 12.0 Å². The number of amides is 2. The zero-order valence-corrected chi connectivity index (χ0v) is 21.7. The highest BCUT2D eigenvalue weighted by molar-refractivity contribution is 6.25. The first-order valence-electron chi connectivity index (χ1n) is 13.1. The number of hydrogen-bond acceptors (Lipinski definition) is 7. The number of methoxy groups -OCH3 is 1. The number of rotatable bonds is 4. The van der Waals surface area contributed by atoms with Gasteiger partial charge in [0.1, 0.15) is 17.2 Å². The van der Waals surface area contributed by atoms with E-state index in [9.17, 15) is 24.5 Å². The van der Waals surface area contributed by atoms with Gasteiger partial charge < -0.3 is 9.47 Å². The molecule has 9 heteroatoms. The summed E-state index contributed by atoms with van der Waals surface area (Å²) in [4.78, 5) is 54.2. The quantitative estimate of drug-likeness (QED) is 0.112. The Balaban J connectivity index is 1.46. The smallest absolute Gasteiger partial charge is 0.319 e. The third-order valence-electron chi connectivity index (χ3n) is 8.29. The fraction of sp³-hybridized carbons (Fsp3) is 0.156. The second-order valence-corrected chi connectivity index (χ2v) is 10.3. The molecule has 3 aliphatic rings. The third kappa shape index (κ3) is 3.58. The predicted molar refractivity (Wildman–Crippen MR) is 149 cm³/mol. The Morgan fingerprint density at radius 2 is 1.61 bits per heavy atom. The number of carbonyl (C=O) groups is 3. The lowest BCUT2D eigenvalue weighted by Gasteiger charge is -2.38. The lowest BCUT2D eigenvalue weighted by Crippen LogP contribution is -2.42. The summed E-state index contributed by atoms with van der Waals surface area (Å²) >= 11 is 0. The molecule has 0 saturated carbocycles. The van der Waals surface area contributed by atoms with Gasteiger partial charge in [-0.2, -0.15) is 0 Å². The molecule has 0 aromatic heterocycles. The largest absolute Gasteiger partial charge is 0.496 e. The van der Waals surface area contributed by atoms with E-state index in [-0.39, 0.29) is 11.4 Å². The number of hydrogen-bond donors (Lipinski definition) is 0. The molecule has 0 unspecified atom stereocenters. The summed E-state index contributed by atoms with van der Waals surface area (Å²) in [7, 11) is 1.37. The molecule has 0 N–H and O–H groups in total. The molecule has 1 fully saturated rings. The Bertz CT molecular complexity index is 1830. The van der Waals surface area contributed by atoms with Gasteiger partial charge in [0.15, 0.2) is 0 Å². The molecule has 2 heterocycles. The van der Waals surface area contributed by atoms with Crippen LogP contribution in [0.5, 0.6) is 11.5 Å². The van der Waals surface area contributed by atoms with Gasteiger partial charge in [0, 0.05) is 11.5 Å². The van der Waals surface area contributed by atoms with Crippen LogP contribution in [-0.2, 0) is 14.4 Å². The lowest BCUT2D eigenvalue weighted by molar-refractivity contribution is -0.384. The molecule has 9 nitrogen and oxygen atoms in total. The summed E-state index contributed by atoms with van der Waals surface area (Å²) in [5.41, 5.74) is 1.51. The SMILES string of the molecule is COc1ccc(N2C(=O)[C@@H]3[C@@H]4C(=O)Oc5ccc6ccccc6c5C4=C[C@H](c4ccccc4)[C@H]3C2=O)c([N+](=O)[O-])c1. The number of allylic oxidation sites excluding steroid dienone is 1. The number of esters is 1. The van der Waals surface area contributed by atoms with Crippen LogP contribution in [0.25, 0.3) is 16.3 Å². The van der Waals surface area contributed by atoms with Crippen LogP contribution in [0.3, 0.4) is 0 Å². The maximum atomic E-state index is 14.2. The van der Waals surface area contributed by atoms with Crippen molar-refractivity contribution in [3.8, 4) is 11.5 Å².